The van der Waals surface area contributed by atoms with E-state index >= 15 is 0 Å². The lowest BCUT2D eigenvalue weighted by Crippen LogP contribution is -2.28. The Balaban J connectivity index is 1.69. The number of nitrogens with zero attached hydrogens (tertiary/aromatic N) is 2. The monoisotopic (exact) mass is 338 g/mol. The van der Waals surface area contributed by atoms with Crippen LogP contribution in [0.5, 0.6) is 5.75 Å². The summed E-state index contributed by atoms with van der Waals surface area (Å²) in [4.78, 5) is 6.96. The first-order valence-electron chi connectivity index (χ1n) is 8.20. The molecule has 0 saturated carbocycles. The molecule has 0 radical (unpaired) electrons. The second kappa shape index (κ2) is 6.33. The maximum Gasteiger partial charge on any atom is 0.134 e. The first-order valence-corrected chi connectivity index (χ1v) is 8.58. The molecule has 0 amide bonds. The van der Waals surface area contributed by atoms with E-state index in [0.717, 1.165) is 41.7 Å². The maximum atomic E-state index is 6.47. The minimum absolute atomic E-state index is 0.568. The molecule has 2 aromatic carbocycles. The summed E-state index contributed by atoms with van der Waals surface area (Å²) in [6.45, 7) is 1.83. The summed E-state index contributed by atoms with van der Waals surface area (Å²) in [5.74, 6) is 0.795. The number of benzene rings is 2. The van der Waals surface area contributed by atoms with Crippen molar-refractivity contribution < 1.29 is 4.74 Å². The number of hydrogen-bond acceptors (Lipinski definition) is 3. The fourth-order valence-corrected chi connectivity index (χ4v) is 3.59. The molecule has 4 rings (SSSR count). The van der Waals surface area contributed by atoms with Crippen molar-refractivity contribution in [1.82, 2.24) is 4.98 Å². The largest absolute Gasteiger partial charge is 0.497 e. The van der Waals surface area contributed by atoms with E-state index in [1.807, 2.05) is 18.2 Å². The molecule has 3 nitrogen and oxygen atoms in total. The Labute approximate surface area is 146 Å². The zero-order chi connectivity index (χ0) is 16.5. The van der Waals surface area contributed by atoms with Gasteiger partial charge in [0.25, 0.3) is 0 Å². The molecule has 1 aliphatic heterocycles. The second-order valence-electron chi connectivity index (χ2n) is 6.15. The van der Waals surface area contributed by atoms with Gasteiger partial charge in [0.1, 0.15) is 10.9 Å². The topological polar surface area (TPSA) is 25.4 Å². The smallest absolute Gasteiger partial charge is 0.134 e. The predicted molar refractivity (Wildman–Crippen MR) is 99.1 cm³/mol. The van der Waals surface area contributed by atoms with Crippen molar-refractivity contribution >= 4 is 28.2 Å². The van der Waals surface area contributed by atoms with Gasteiger partial charge in [-0.25, -0.2) is 4.98 Å². The molecule has 1 aliphatic rings. The van der Waals surface area contributed by atoms with Crippen LogP contribution in [0.2, 0.25) is 5.15 Å². The van der Waals surface area contributed by atoms with Gasteiger partial charge in [-0.15, -0.1) is 0 Å². The van der Waals surface area contributed by atoms with Crippen molar-refractivity contribution in [1.29, 1.82) is 0 Å². The average molecular weight is 339 g/mol. The van der Waals surface area contributed by atoms with Gasteiger partial charge >= 0.3 is 0 Å². The Kier molecular flexibility index (Phi) is 4.03. The molecule has 0 fully saturated rings. The number of rotatable bonds is 3. The van der Waals surface area contributed by atoms with E-state index in [-0.39, 0.29) is 0 Å². The van der Waals surface area contributed by atoms with Gasteiger partial charge in [0.2, 0.25) is 0 Å². The molecule has 3 aromatic rings. The fraction of sp³-hybridized carbons (Fsp3) is 0.250. The van der Waals surface area contributed by atoms with Gasteiger partial charge in [-0.05, 0) is 42.7 Å². The average Bonchev–Trinajstić information content (AvgIpc) is 2.62. The van der Waals surface area contributed by atoms with Crippen LogP contribution in [0.4, 0.5) is 5.69 Å². The third-order valence-electron chi connectivity index (χ3n) is 4.62. The highest BCUT2D eigenvalue weighted by Gasteiger charge is 2.18. The lowest BCUT2D eigenvalue weighted by Gasteiger charge is -2.31. The number of fused-ring (bicyclic) bond motifs is 2. The van der Waals surface area contributed by atoms with E-state index in [4.69, 9.17) is 16.3 Å². The van der Waals surface area contributed by atoms with Crippen molar-refractivity contribution in [3.05, 3.63) is 64.8 Å². The predicted octanol–water partition coefficient (Wildman–Crippen LogP) is 4.85. The Morgan fingerprint density at radius 2 is 2.04 bits per heavy atom. The van der Waals surface area contributed by atoms with Gasteiger partial charge in [0, 0.05) is 35.8 Å². The minimum Gasteiger partial charge on any atom is -0.497 e. The molecule has 122 valence electrons. The summed E-state index contributed by atoms with van der Waals surface area (Å²) in [5, 5.41) is 1.65. The Morgan fingerprint density at radius 3 is 2.92 bits per heavy atom. The van der Waals surface area contributed by atoms with Crippen LogP contribution < -0.4 is 9.64 Å². The summed E-state index contributed by atoms with van der Waals surface area (Å²) >= 11 is 6.47. The molecular weight excluding hydrogens is 320 g/mol. The van der Waals surface area contributed by atoms with Crippen LogP contribution in [0, 0.1) is 0 Å². The Bertz CT molecular complexity index is 894. The molecule has 1 aromatic heterocycles. The molecule has 0 aliphatic carbocycles. The highest BCUT2D eigenvalue weighted by Crippen LogP contribution is 2.30. The van der Waals surface area contributed by atoms with E-state index in [1.165, 1.54) is 17.7 Å². The maximum absolute atomic E-state index is 6.47. The van der Waals surface area contributed by atoms with Crippen molar-refractivity contribution in [3.8, 4) is 5.75 Å². The van der Waals surface area contributed by atoms with Crippen LogP contribution in [-0.4, -0.2) is 18.6 Å². The van der Waals surface area contributed by atoms with Gasteiger partial charge in [-0.3, -0.25) is 0 Å². The van der Waals surface area contributed by atoms with Crippen LogP contribution in [0.3, 0.4) is 0 Å². The summed E-state index contributed by atoms with van der Waals surface area (Å²) in [6, 6.07) is 16.7. The number of hydrogen-bond donors (Lipinski definition) is 0. The molecule has 0 unspecified atom stereocenters. The highest BCUT2D eigenvalue weighted by atomic mass is 35.5. The van der Waals surface area contributed by atoms with Crippen molar-refractivity contribution in [2.45, 2.75) is 19.4 Å². The lowest BCUT2D eigenvalue weighted by molar-refractivity contribution is 0.415. The quantitative estimate of drug-likeness (QED) is 0.638. The first kappa shape index (κ1) is 15.3. The zero-order valence-corrected chi connectivity index (χ0v) is 14.4. The third kappa shape index (κ3) is 2.80. The summed E-state index contributed by atoms with van der Waals surface area (Å²) in [6.07, 6.45) is 2.32. The third-order valence-corrected chi connectivity index (χ3v) is 4.95. The van der Waals surface area contributed by atoms with Crippen LogP contribution in [-0.2, 0) is 13.0 Å². The van der Waals surface area contributed by atoms with Crippen LogP contribution in [0.1, 0.15) is 17.5 Å². The lowest BCUT2D eigenvalue weighted by atomic mass is 10.0. The number of para-hydroxylation sites is 1. The van der Waals surface area contributed by atoms with Crippen LogP contribution in [0.25, 0.3) is 10.9 Å². The normalized spacial score (nSPS) is 13.8. The molecule has 0 spiro atoms. The molecule has 2 heterocycles. The first-order chi connectivity index (χ1) is 11.7. The van der Waals surface area contributed by atoms with Gasteiger partial charge in [0.05, 0.1) is 12.6 Å². The van der Waals surface area contributed by atoms with E-state index in [2.05, 4.69) is 40.2 Å². The highest BCUT2D eigenvalue weighted by molar-refractivity contribution is 6.30. The fourth-order valence-electron chi connectivity index (χ4n) is 3.39. The van der Waals surface area contributed by atoms with Crippen molar-refractivity contribution in [2.24, 2.45) is 0 Å². The number of aryl methyl sites for hydroxylation is 1. The molecule has 0 N–H and O–H groups in total. The molecule has 0 atom stereocenters. The molecular formula is C20H19ClN2O. The number of methoxy groups -OCH3 is 1. The number of ether oxygens (including phenoxy) is 1. The Morgan fingerprint density at radius 1 is 1.17 bits per heavy atom. The van der Waals surface area contributed by atoms with E-state index in [9.17, 15) is 0 Å². The van der Waals surface area contributed by atoms with Gasteiger partial charge < -0.3 is 9.64 Å². The van der Waals surface area contributed by atoms with Gasteiger partial charge in [-0.2, -0.15) is 0 Å². The Hall–Kier alpha value is -2.26. The minimum atomic E-state index is 0.568. The van der Waals surface area contributed by atoms with Gasteiger partial charge in [-0.1, -0.05) is 29.8 Å². The standard InChI is InChI=1S/C20H19ClN2O/c1-24-17-9-8-15-11-16(20(21)22-18(15)12-17)13-23-10-4-6-14-5-2-3-7-19(14)23/h2-3,5,7-9,11-12H,4,6,10,13H2,1H3. The van der Waals surface area contributed by atoms with E-state index in [0.29, 0.717) is 5.15 Å². The molecule has 4 heteroatoms. The van der Waals surface area contributed by atoms with E-state index < -0.39 is 0 Å². The van der Waals surface area contributed by atoms with Crippen molar-refractivity contribution in [2.75, 3.05) is 18.6 Å². The second-order valence-corrected chi connectivity index (χ2v) is 6.51. The zero-order valence-electron chi connectivity index (χ0n) is 13.6. The number of pyridine rings is 1. The molecule has 0 saturated heterocycles. The summed E-state index contributed by atoms with van der Waals surface area (Å²) in [5.41, 5.74) is 4.65. The van der Waals surface area contributed by atoms with Crippen molar-refractivity contribution in [3.63, 3.8) is 0 Å². The number of anilines is 1. The van der Waals surface area contributed by atoms with Gasteiger partial charge in [0.15, 0.2) is 0 Å². The SMILES string of the molecule is COc1ccc2cc(CN3CCCc4ccccc43)c(Cl)nc2c1. The summed E-state index contributed by atoms with van der Waals surface area (Å²) in [7, 11) is 1.66. The number of halogens is 1. The number of aromatic nitrogens is 1. The van der Waals surface area contributed by atoms with Crippen LogP contribution in [0.15, 0.2) is 48.5 Å². The molecule has 24 heavy (non-hydrogen) atoms. The van der Waals surface area contributed by atoms with Crippen LogP contribution >= 0.6 is 11.6 Å². The molecule has 0 bridgehead atoms. The summed E-state index contributed by atoms with van der Waals surface area (Å²) < 4.78 is 5.26. The van der Waals surface area contributed by atoms with E-state index in [1.54, 1.807) is 7.11 Å².